The zero-order chi connectivity index (χ0) is 21.4. The number of aryl methyl sites for hydroxylation is 2. The summed E-state index contributed by atoms with van der Waals surface area (Å²) in [6.07, 6.45) is 0. The Kier molecular flexibility index (Phi) is 4.86. The Morgan fingerprint density at radius 3 is 2.60 bits per heavy atom. The molecule has 1 amide bonds. The van der Waals surface area contributed by atoms with E-state index < -0.39 is 11.7 Å². The number of carbonyl (C=O) groups excluding carboxylic acids is 1. The van der Waals surface area contributed by atoms with Crippen molar-refractivity contribution in [3.8, 4) is 5.95 Å². The van der Waals surface area contributed by atoms with E-state index in [4.69, 9.17) is 5.73 Å². The molecule has 9 heteroatoms. The number of hydrogen-bond donors (Lipinski definition) is 2. The number of primary amides is 1. The van der Waals surface area contributed by atoms with Gasteiger partial charge in [-0.3, -0.25) is 9.36 Å². The largest absolute Gasteiger partial charge is 0.366 e. The highest BCUT2D eigenvalue weighted by Gasteiger charge is 2.18. The molecular weight excluding hydrogens is 390 g/mol. The quantitative estimate of drug-likeness (QED) is 0.527. The van der Waals surface area contributed by atoms with Crippen LogP contribution in [0.15, 0.2) is 42.5 Å². The first-order valence-corrected chi connectivity index (χ1v) is 9.14. The first kappa shape index (κ1) is 19.4. The van der Waals surface area contributed by atoms with E-state index in [0.717, 1.165) is 11.6 Å². The van der Waals surface area contributed by atoms with Crippen LogP contribution in [0.2, 0.25) is 0 Å². The molecule has 0 saturated carbocycles. The van der Waals surface area contributed by atoms with Gasteiger partial charge >= 0.3 is 0 Å². The molecule has 0 unspecified atom stereocenters. The number of carbonyl (C=O) groups is 1. The highest BCUT2D eigenvalue weighted by molar-refractivity contribution is 6.06. The Balaban J connectivity index is 1.77. The monoisotopic (exact) mass is 408 g/mol. The molecule has 2 heterocycles. The first-order valence-electron chi connectivity index (χ1n) is 9.14. The van der Waals surface area contributed by atoms with E-state index in [1.165, 1.54) is 18.2 Å². The van der Waals surface area contributed by atoms with Gasteiger partial charge in [0.1, 0.15) is 17.5 Å². The van der Waals surface area contributed by atoms with E-state index >= 15 is 0 Å². The molecule has 2 aromatic carbocycles. The standard InChI is InChI=1S/C21H18F2N6O/c1-11-6-16-17(19(24)30)8-15(23)9-18(16)29(11)21-27-12(2)26-20(28-21)25-10-13-4-3-5-14(22)7-13/h3-9H,10H2,1-2H3,(H2,24,30)(H,25,26,27,28). The number of nitrogens with one attached hydrogen (secondary N) is 1. The Hall–Kier alpha value is -3.88. The fraction of sp³-hybridized carbons (Fsp3) is 0.143. The van der Waals surface area contributed by atoms with Crippen molar-refractivity contribution in [2.24, 2.45) is 5.73 Å². The number of nitrogens with two attached hydrogens (primary N) is 1. The third kappa shape index (κ3) is 3.69. The smallest absolute Gasteiger partial charge is 0.249 e. The molecule has 0 aliphatic carbocycles. The molecule has 0 aliphatic rings. The summed E-state index contributed by atoms with van der Waals surface area (Å²) >= 11 is 0. The maximum absolute atomic E-state index is 14.1. The van der Waals surface area contributed by atoms with E-state index in [1.807, 2.05) is 0 Å². The average Bonchev–Trinajstić information content (AvgIpc) is 3.00. The van der Waals surface area contributed by atoms with Gasteiger partial charge in [-0.25, -0.2) is 8.78 Å². The lowest BCUT2D eigenvalue weighted by molar-refractivity contribution is 0.100. The Morgan fingerprint density at radius 2 is 1.87 bits per heavy atom. The van der Waals surface area contributed by atoms with Crippen molar-refractivity contribution in [2.75, 3.05) is 5.32 Å². The second kappa shape index (κ2) is 7.51. The van der Waals surface area contributed by atoms with Gasteiger partial charge in [-0.2, -0.15) is 15.0 Å². The molecule has 3 N–H and O–H groups in total. The number of anilines is 1. The third-order valence-electron chi connectivity index (χ3n) is 4.61. The molecule has 0 aliphatic heterocycles. The maximum atomic E-state index is 14.1. The van der Waals surface area contributed by atoms with Gasteiger partial charge in [-0.15, -0.1) is 0 Å². The molecule has 4 rings (SSSR count). The van der Waals surface area contributed by atoms with Crippen LogP contribution in [-0.4, -0.2) is 25.4 Å². The average molecular weight is 408 g/mol. The number of halogens is 2. The molecule has 152 valence electrons. The van der Waals surface area contributed by atoms with Crippen LogP contribution in [0.25, 0.3) is 16.9 Å². The van der Waals surface area contributed by atoms with Crippen LogP contribution < -0.4 is 11.1 Å². The molecule has 0 fully saturated rings. The number of aromatic nitrogens is 4. The lowest BCUT2D eigenvalue weighted by atomic mass is 10.1. The zero-order valence-electron chi connectivity index (χ0n) is 16.3. The van der Waals surface area contributed by atoms with Crippen molar-refractivity contribution in [1.29, 1.82) is 0 Å². The van der Waals surface area contributed by atoms with Crippen molar-refractivity contribution in [3.63, 3.8) is 0 Å². The summed E-state index contributed by atoms with van der Waals surface area (Å²) in [6.45, 7) is 3.81. The van der Waals surface area contributed by atoms with Gasteiger partial charge < -0.3 is 11.1 Å². The lowest BCUT2D eigenvalue weighted by Crippen LogP contribution is -2.12. The second-order valence-corrected chi connectivity index (χ2v) is 6.86. The van der Waals surface area contributed by atoms with Crippen molar-refractivity contribution >= 4 is 22.8 Å². The molecule has 0 bridgehead atoms. The summed E-state index contributed by atoms with van der Waals surface area (Å²) in [4.78, 5) is 24.8. The Morgan fingerprint density at radius 1 is 1.07 bits per heavy atom. The van der Waals surface area contributed by atoms with Crippen LogP contribution in [0.5, 0.6) is 0 Å². The second-order valence-electron chi connectivity index (χ2n) is 6.86. The number of nitrogens with zero attached hydrogens (tertiary/aromatic N) is 4. The van der Waals surface area contributed by atoms with Crippen molar-refractivity contribution in [2.45, 2.75) is 20.4 Å². The van der Waals surface area contributed by atoms with Crippen molar-refractivity contribution in [1.82, 2.24) is 19.5 Å². The predicted molar refractivity (Wildman–Crippen MR) is 108 cm³/mol. The Labute approximate surface area is 170 Å². The SMILES string of the molecule is Cc1nc(NCc2cccc(F)c2)nc(-n2c(C)cc3c(C(N)=O)cc(F)cc32)n1. The van der Waals surface area contributed by atoms with E-state index in [9.17, 15) is 13.6 Å². The molecule has 0 radical (unpaired) electrons. The maximum Gasteiger partial charge on any atom is 0.249 e. The number of rotatable bonds is 5. The van der Waals surface area contributed by atoms with Gasteiger partial charge in [0, 0.05) is 17.6 Å². The van der Waals surface area contributed by atoms with E-state index in [2.05, 4.69) is 20.3 Å². The molecule has 0 spiro atoms. The summed E-state index contributed by atoms with van der Waals surface area (Å²) in [5.41, 5.74) is 7.33. The van der Waals surface area contributed by atoms with Crippen LogP contribution in [0.3, 0.4) is 0 Å². The number of hydrogen-bond acceptors (Lipinski definition) is 5. The molecule has 0 atom stereocenters. The van der Waals surface area contributed by atoms with Gasteiger partial charge in [-0.05, 0) is 49.7 Å². The summed E-state index contributed by atoms with van der Waals surface area (Å²) in [7, 11) is 0. The molecule has 4 aromatic rings. The highest BCUT2D eigenvalue weighted by Crippen LogP contribution is 2.27. The van der Waals surface area contributed by atoms with Crippen LogP contribution in [0.1, 0.15) is 27.4 Å². The fourth-order valence-electron chi connectivity index (χ4n) is 3.35. The normalized spacial score (nSPS) is 11.1. The van der Waals surface area contributed by atoms with Gasteiger partial charge in [-0.1, -0.05) is 12.1 Å². The first-order chi connectivity index (χ1) is 14.3. The van der Waals surface area contributed by atoms with Crippen molar-refractivity contribution < 1.29 is 13.6 Å². The highest BCUT2D eigenvalue weighted by atomic mass is 19.1. The summed E-state index contributed by atoms with van der Waals surface area (Å²) < 4.78 is 29.2. The molecule has 30 heavy (non-hydrogen) atoms. The van der Waals surface area contributed by atoms with Gasteiger partial charge in [0.2, 0.25) is 17.8 Å². The van der Waals surface area contributed by atoms with Crippen LogP contribution in [0, 0.1) is 25.5 Å². The number of fused-ring (bicyclic) bond motifs is 1. The van der Waals surface area contributed by atoms with E-state index in [1.54, 1.807) is 36.6 Å². The van der Waals surface area contributed by atoms with Gasteiger partial charge in [0.05, 0.1) is 11.1 Å². The van der Waals surface area contributed by atoms with Crippen LogP contribution >= 0.6 is 0 Å². The minimum Gasteiger partial charge on any atom is -0.366 e. The third-order valence-corrected chi connectivity index (χ3v) is 4.61. The summed E-state index contributed by atoms with van der Waals surface area (Å²) in [6, 6.07) is 10.3. The minimum absolute atomic E-state index is 0.0853. The van der Waals surface area contributed by atoms with Crippen LogP contribution in [-0.2, 0) is 6.54 Å². The predicted octanol–water partition coefficient (Wildman–Crippen LogP) is 3.42. The van der Waals surface area contributed by atoms with E-state index in [-0.39, 0.29) is 23.3 Å². The lowest BCUT2D eigenvalue weighted by Gasteiger charge is -2.11. The summed E-state index contributed by atoms with van der Waals surface area (Å²) in [5.74, 6) is -0.655. The number of amides is 1. The fourth-order valence-corrected chi connectivity index (χ4v) is 3.35. The number of benzene rings is 2. The topological polar surface area (TPSA) is 98.7 Å². The Bertz CT molecular complexity index is 1280. The van der Waals surface area contributed by atoms with Gasteiger partial charge in [0.25, 0.3) is 0 Å². The summed E-state index contributed by atoms with van der Waals surface area (Å²) in [5, 5.41) is 3.56. The minimum atomic E-state index is -0.721. The molecular formula is C21H18F2N6O. The molecule has 2 aromatic heterocycles. The van der Waals surface area contributed by atoms with Crippen LogP contribution in [0.4, 0.5) is 14.7 Å². The zero-order valence-corrected chi connectivity index (χ0v) is 16.3. The van der Waals surface area contributed by atoms with Gasteiger partial charge in [0.15, 0.2) is 0 Å². The van der Waals surface area contributed by atoms with Crippen molar-refractivity contribution in [3.05, 3.63) is 76.7 Å². The molecule has 0 saturated heterocycles. The molecule has 7 nitrogen and oxygen atoms in total. The van der Waals surface area contributed by atoms with E-state index in [0.29, 0.717) is 29.0 Å².